The van der Waals surface area contributed by atoms with Crippen LogP contribution in [0.4, 0.5) is 0 Å². The van der Waals surface area contributed by atoms with Gasteiger partial charge in [0.05, 0.1) is 5.36 Å². The summed E-state index contributed by atoms with van der Waals surface area (Å²) in [5, 5.41) is 3.23. The number of benzene rings is 2. The number of amides is 1. The normalized spacial score (nSPS) is 14.2. The highest BCUT2D eigenvalue weighted by atomic mass is 16.2. The molecule has 16 heavy (non-hydrogen) atoms. The number of carbonyl (C=O) groups is 2. The topological polar surface area (TPSA) is 46.5 Å². The molecular weight excluding hydrogens is 202 g/mol. The summed E-state index contributed by atoms with van der Waals surface area (Å²) < 4.78 is 0. The molecule has 0 N–H and O–H groups in total. The van der Waals surface area contributed by atoms with E-state index in [0.29, 0.717) is 10.6 Å². The molecule has 0 radical (unpaired) electrons. The van der Waals surface area contributed by atoms with E-state index in [1.165, 1.54) is 6.08 Å². The van der Waals surface area contributed by atoms with Gasteiger partial charge in [-0.1, -0.05) is 36.4 Å². The molecule has 0 saturated heterocycles. The van der Waals surface area contributed by atoms with Crippen LogP contribution in [-0.2, 0) is 9.59 Å². The molecule has 2 aromatic rings. The summed E-state index contributed by atoms with van der Waals surface area (Å²) in [6, 6.07) is 11.4. The molecule has 1 amide bonds. The van der Waals surface area contributed by atoms with Gasteiger partial charge in [0.25, 0.3) is 0 Å². The second-order valence-electron chi connectivity index (χ2n) is 3.65. The molecule has 3 nitrogen and oxygen atoms in total. The molecule has 0 saturated carbocycles. The van der Waals surface area contributed by atoms with Crippen LogP contribution in [0.1, 0.15) is 0 Å². The van der Waals surface area contributed by atoms with E-state index in [9.17, 15) is 9.59 Å². The zero-order chi connectivity index (χ0) is 11.1. The highest BCUT2D eigenvalue weighted by Crippen LogP contribution is 2.07. The summed E-state index contributed by atoms with van der Waals surface area (Å²) in [7, 11) is 0. The molecule has 0 fully saturated rings. The molecule has 1 aliphatic heterocycles. The van der Waals surface area contributed by atoms with Crippen LogP contribution in [-0.4, -0.2) is 11.7 Å². The lowest BCUT2D eigenvalue weighted by molar-refractivity contribution is -0.132. The van der Waals surface area contributed by atoms with Crippen LogP contribution < -0.4 is 10.6 Å². The number of Topliss-reactive ketones (excluding diaryl/α,β-unsaturated/α-hetero) is 1. The third-order valence-corrected chi connectivity index (χ3v) is 2.64. The molecule has 0 spiro atoms. The van der Waals surface area contributed by atoms with Crippen molar-refractivity contribution >= 4 is 28.5 Å². The Balaban J connectivity index is 2.59. The van der Waals surface area contributed by atoms with E-state index in [2.05, 4.69) is 4.99 Å². The van der Waals surface area contributed by atoms with Crippen molar-refractivity contribution in [2.75, 3.05) is 0 Å². The van der Waals surface area contributed by atoms with Crippen molar-refractivity contribution in [1.82, 2.24) is 0 Å². The van der Waals surface area contributed by atoms with Gasteiger partial charge in [-0.05, 0) is 5.39 Å². The molecular formula is C13H7NO2. The van der Waals surface area contributed by atoms with Crippen LogP contribution in [0.25, 0.3) is 16.8 Å². The standard InChI is InChI=1S/C13H7NO2/c15-11-7-9-6-5-8-3-1-2-4-10(8)12(9)14-13(11)16/h1-7H. The Bertz CT molecular complexity index is 744. The van der Waals surface area contributed by atoms with Crippen LogP contribution >= 0.6 is 0 Å². The summed E-state index contributed by atoms with van der Waals surface area (Å²) >= 11 is 0. The van der Waals surface area contributed by atoms with Crippen molar-refractivity contribution in [3.05, 3.63) is 47.0 Å². The van der Waals surface area contributed by atoms with Gasteiger partial charge in [0, 0.05) is 16.7 Å². The minimum absolute atomic E-state index is 0.553. The summed E-state index contributed by atoms with van der Waals surface area (Å²) in [5.74, 6) is -1.24. The Morgan fingerprint density at radius 3 is 2.62 bits per heavy atom. The largest absolute Gasteiger partial charge is 0.318 e. The van der Waals surface area contributed by atoms with Crippen LogP contribution in [0.2, 0.25) is 0 Å². The van der Waals surface area contributed by atoms with Crippen molar-refractivity contribution in [1.29, 1.82) is 0 Å². The summed E-state index contributed by atoms with van der Waals surface area (Å²) in [6.07, 6.45) is 1.34. The number of ketones is 1. The van der Waals surface area contributed by atoms with Gasteiger partial charge in [-0.15, -0.1) is 0 Å². The molecule has 2 aromatic carbocycles. The van der Waals surface area contributed by atoms with Crippen molar-refractivity contribution in [2.45, 2.75) is 0 Å². The zero-order valence-electron chi connectivity index (χ0n) is 8.31. The summed E-state index contributed by atoms with van der Waals surface area (Å²) in [6.45, 7) is 0. The van der Waals surface area contributed by atoms with Gasteiger partial charge >= 0.3 is 5.91 Å². The van der Waals surface area contributed by atoms with Crippen molar-refractivity contribution in [3.63, 3.8) is 0 Å². The molecule has 76 valence electrons. The first-order valence-electron chi connectivity index (χ1n) is 4.92. The molecule has 0 unspecified atom stereocenters. The van der Waals surface area contributed by atoms with E-state index in [-0.39, 0.29) is 0 Å². The third kappa shape index (κ3) is 1.18. The van der Waals surface area contributed by atoms with Gasteiger partial charge in [0.1, 0.15) is 0 Å². The average molecular weight is 209 g/mol. The maximum absolute atomic E-state index is 11.3. The third-order valence-electron chi connectivity index (χ3n) is 2.64. The Morgan fingerprint density at radius 1 is 0.938 bits per heavy atom. The van der Waals surface area contributed by atoms with Gasteiger partial charge in [0.2, 0.25) is 5.78 Å². The number of hydrogen-bond acceptors (Lipinski definition) is 2. The molecule has 1 heterocycles. The van der Waals surface area contributed by atoms with Gasteiger partial charge in [-0.2, -0.15) is 0 Å². The molecule has 0 bridgehead atoms. The minimum atomic E-state index is -0.691. The Morgan fingerprint density at radius 2 is 1.75 bits per heavy atom. The molecule has 0 atom stereocenters. The minimum Gasteiger partial charge on any atom is -0.284 e. The fraction of sp³-hybridized carbons (Fsp3) is 0. The number of fused-ring (bicyclic) bond motifs is 3. The second-order valence-corrected chi connectivity index (χ2v) is 3.65. The zero-order valence-corrected chi connectivity index (χ0v) is 8.31. The second kappa shape index (κ2) is 3.10. The van der Waals surface area contributed by atoms with Crippen molar-refractivity contribution in [3.8, 4) is 0 Å². The van der Waals surface area contributed by atoms with Crippen molar-refractivity contribution < 1.29 is 9.59 Å². The first-order valence-corrected chi connectivity index (χ1v) is 4.92. The fourth-order valence-electron chi connectivity index (χ4n) is 1.87. The molecule has 1 aliphatic rings. The highest BCUT2D eigenvalue weighted by Gasteiger charge is 2.14. The fourth-order valence-corrected chi connectivity index (χ4v) is 1.87. The maximum Gasteiger partial charge on any atom is 0.318 e. The molecule has 0 aliphatic carbocycles. The van der Waals surface area contributed by atoms with Gasteiger partial charge in [-0.25, -0.2) is 4.99 Å². The lowest BCUT2D eigenvalue weighted by Crippen LogP contribution is -2.34. The van der Waals surface area contributed by atoms with Crippen LogP contribution in [0.5, 0.6) is 0 Å². The van der Waals surface area contributed by atoms with E-state index in [1.54, 1.807) is 0 Å². The summed E-state index contributed by atoms with van der Waals surface area (Å²) in [5.41, 5.74) is 0. The van der Waals surface area contributed by atoms with Crippen LogP contribution in [0.3, 0.4) is 0 Å². The number of carbonyl (C=O) groups excluding carboxylic acids is 2. The predicted molar refractivity (Wildman–Crippen MR) is 59.2 cm³/mol. The summed E-state index contributed by atoms with van der Waals surface area (Å²) in [4.78, 5) is 26.3. The monoisotopic (exact) mass is 209 g/mol. The van der Waals surface area contributed by atoms with Crippen LogP contribution in [0, 0.1) is 0 Å². The molecule has 3 heteroatoms. The number of hydrogen-bond donors (Lipinski definition) is 0. The quantitative estimate of drug-likeness (QED) is 0.588. The van der Waals surface area contributed by atoms with E-state index in [1.807, 2.05) is 36.4 Å². The van der Waals surface area contributed by atoms with Crippen LogP contribution in [0.15, 0.2) is 41.4 Å². The Labute approximate surface area is 90.7 Å². The smallest absolute Gasteiger partial charge is 0.284 e. The first-order chi connectivity index (χ1) is 7.75. The number of nitrogens with zero attached hydrogens (tertiary/aromatic N) is 1. The van der Waals surface area contributed by atoms with E-state index in [0.717, 1.165) is 10.8 Å². The highest BCUT2D eigenvalue weighted by molar-refractivity contribution is 6.48. The van der Waals surface area contributed by atoms with Gasteiger partial charge < -0.3 is 0 Å². The number of rotatable bonds is 0. The Kier molecular flexibility index (Phi) is 1.74. The lowest BCUT2D eigenvalue weighted by atomic mass is 10.1. The van der Waals surface area contributed by atoms with E-state index >= 15 is 0 Å². The predicted octanol–water partition coefficient (Wildman–Crippen LogP) is 0.349. The maximum atomic E-state index is 11.3. The molecule has 3 rings (SSSR count). The van der Waals surface area contributed by atoms with E-state index in [4.69, 9.17) is 0 Å². The Hall–Kier alpha value is -2.29. The lowest BCUT2D eigenvalue weighted by Gasteiger charge is -2.01. The SMILES string of the molecule is O=C1C=c2ccc3ccccc3c2=NC1=O. The first kappa shape index (κ1) is 8.97. The average Bonchev–Trinajstić information content (AvgIpc) is 2.31. The van der Waals surface area contributed by atoms with E-state index < -0.39 is 11.7 Å². The van der Waals surface area contributed by atoms with Crippen molar-refractivity contribution in [2.24, 2.45) is 4.99 Å². The van der Waals surface area contributed by atoms with Gasteiger partial charge in [0.15, 0.2) is 0 Å². The van der Waals surface area contributed by atoms with Gasteiger partial charge in [-0.3, -0.25) is 9.59 Å². The molecule has 0 aromatic heterocycles.